The quantitative estimate of drug-likeness (QED) is 0.849. The zero-order chi connectivity index (χ0) is 17.3. The van der Waals surface area contributed by atoms with Gasteiger partial charge in [0.2, 0.25) is 5.91 Å². The third-order valence-electron chi connectivity index (χ3n) is 2.71. The van der Waals surface area contributed by atoms with Gasteiger partial charge in [0.15, 0.2) is 0 Å². The molecule has 1 heterocycles. The summed E-state index contributed by atoms with van der Waals surface area (Å²) in [5, 5.41) is 6.30. The van der Waals surface area contributed by atoms with Crippen molar-refractivity contribution >= 4 is 27.1 Å². The Kier molecular flexibility index (Phi) is 4.32. The number of benzene rings is 1. The van der Waals surface area contributed by atoms with Gasteiger partial charge in [0.1, 0.15) is 6.54 Å². The largest absolute Gasteiger partial charge is 0.501 e. The second-order valence-corrected chi connectivity index (χ2v) is 6.37. The molecule has 3 N–H and O–H groups in total. The standard InChI is InChI=1S/C12H11F3N4O3S/c13-12(14,15)23(21,22)10-4-2-1-3-9(10)18-8-5-17-19(6-8)7-11(16)20/h1-6,18H,7H2,(H2,16,20). The summed E-state index contributed by atoms with van der Waals surface area (Å²) in [7, 11) is -5.50. The molecule has 0 spiro atoms. The summed E-state index contributed by atoms with van der Waals surface area (Å²) in [5.41, 5.74) is -0.481. The fourth-order valence-corrected chi connectivity index (χ4v) is 2.67. The van der Waals surface area contributed by atoms with E-state index in [1.165, 1.54) is 30.6 Å². The Balaban J connectivity index is 2.35. The first-order valence-corrected chi connectivity index (χ1v) is 7.58. The van der Waals surface area contributed by atoms with Gasteiger partial charge in [0.25, 0.3) is 9.84 Å². The Labute approximate surface area is 128 Å². The van der Waals surface area contributed by atoms with E-state index in [1.807, 2.05) is 0 Å². The van der Waals surface area contributed by atoms with E-state index < -0.39 is 26.1 Å². The Hall–Kier alpha value is -2.56. The van der Waals surface area contributed by atoms with Crippen LogP contribution in [-0.2, 0) is 21.2 Å². The van der Waals surface area contributed by atoms with Crippen LogP contribution in [0.5, 0.6) is 0 Å². The number of rotatable bonds is 5. The van der Waals surface area contributed by atoms with Crippen molar-refractivity contribution in [2.75, 3.05) is 5.32 Å². The van der Waals surface area contributed by atoms with Crippen molar-refractivity contribution in [1.29, 1.82) is 0 Å². The van der Waals surface area contributed by atoms with Crippen LogP contribution in [-0.4, -0.2) is 29.6 Å². The summed E-state index contributed by atoms with van der Waals surface area (Å²) < 4.78 is 62.4. The number of nitrogens with two attached hydrogens (primary N) is 1. The van der Waals surface area contributed by atoms with Crippen LogP contribution < -0.4 is 11.1 Å². The molecule has 0 unspecified atom stereocenters. The number of aromatic nitrogens is 2. The molecule has 0 aliphatic carbocycles. The highest BCUT2D eigenvalue weighted by Gasteiger charge is 2.47. The highest BCUT2D eigenvalue weighted by atomic mass is 32.2. The number of amides is 1. The predicted octanol–water partition coefficient (Wildman–Crippen LogP) is 1.41. The zero-order valence-corrected chi connectivity index (χ0v) is 12.2. The lowest BCUT2D eigenvalue weighted by molar-refractivity contribution is -0.118. The Morgan fingerprint density at radius 1 is 1.30 bits per heavy atom. The van der Waals surface area contributed by atoms with Crippen molar-refractivity contribution in [3.8, 4) is 0 Å². The summed E-state index contributed by atoms with van der Waals surface area (Å²) in [6.07, 6.45) is 2.53. The van der Waals surface area contributed by atoms with Crippen LogP contribution in [0.3, 0.4) is 0 Å². The zero-order valence-electron chi connectivity index (χ0n) is 11.4. The SMILES string of the molecule is NC(=O)Cn1cc(Nc2ccccc2S(=O)(=O)C(F)(F)F)cn1. The molecule has 0 saturated carbocycles. The molecule has 11 heteroatoms. The number of anilines is 2. The van der Waals surface area contributed by atoms with Crippen molar-refractivity contribution < 1.29 is 26.4 Å². The van der Waals surface area contributed by atoms with Crippen molar-refractivity contribution in [1.82, 2.24) is 9.78 Å². The second-order valence-electron chi connectivity index (χ2n) is 4.46. The van der Waals surface area contributed by atoms with Gasteiger partial charge in [-0.15, -0.1) is 0 Å². The van der Waals surface area contributed by atoms with E-state index >= 15 is 0 Å². The van der Waals surface area contributed by atoms with Crippen LogP contribution in [0, 0.1) is 0 Å². The van der Waals surface area contributed by atoms with Crippen LogP contribution in [0.15, 0.2) is 41.6 Å². The second kappa shape index (κ2) is 5.91. The number of halogens is 3. The number of carbonyl (C=O) groups is 1. The van der Waals surface area contributed by atoms with Gasteiger partial charge in [-0.05, 0) is 12.1 Å². The van der Waals surface area contributed by atoms with Gasteiger partial charge in [-0.1, -0.05) is 12.1 Å². The molecule has 124 valence electrons. The molecule has 0 atom stereocenters. The Bertz CT molecular complexity index is 830. The smallest absolute Gasteiger partial charge is 0.368 e. The van der Waals surface area contributed by atoms with Gasteiger partial charge >= 0.3 is 5.51 Å². The van der Waals surface area contributed by atoms with Crippen LogP contribution in [0.25, 0.3) is 0 Å². The fourth-order valence-electron chi connectivity index (χ4n) is 1.76. The van der Waals surface area contributed by atoms with Gasteiger partial charge in [0, 0.05) is 6.20 Å². The third kappa shape index (κ3) is 3.62. The summed E-state index contributed by atoms with van der Waals surface area (Å²) in [6.45, 7) is -0.218. The molecular weight excluding hydrogens is 337 g/mol. The minimum Gasteiger partial charge on any atom is -0.368 e. The number of nitrogens with zero attached hydrogens (tertiary/aromatic N) is 2. The highest BCUT2D eigenvalue weighted by molar-refractivity contribution is 7.92. The first kappa shape index (κ1) is 16.8. The molecule has 23 heavy (non-hydrogen) atoms. The lowest BCUT2D eigenvalue weighted by atomic mass is 10.3. The number of hydrogen-bond donors (Lipinski definition) is 2. The molecule has 2 rings (SSSR count). The summed E-state index contributed by atoms with van der Waals surface area (Å²) in [6, 6.07) is 4.59. The van der Waals surface area contributed by atoms with Crippen molar-refractivity contribution in [3.63, 3.8) is 0 Å². The summed E-state index contributed by atoms with van der Waals surface area (Å²) in [4.78, 5) is 9.86. The molecule has 1 aromatic heterocycles. The Morgan fingerprint density at radius 2 is 1.96 bits per heavy atom. The average molecular weight is 348 g/mol. The van der Waals surface area contributed by atoms with E-state index in [0.717, 1.165) is 10.7 Å². The first-order valence-electron chi connectivity index (χ1n) is 6.09. The molecule has 0 bridgehead atoms. The van der Waals surface area contributed by atoms with E-state index in [0.29, 0.717) is 0 Å². The van der Waals surface area contributed by atoms with E-state index in [4.69, 9.17) is 5.73 Å². The fraction of sp³-hybridized carbons (Fsp3) is 0.167. The van der Waals surface area contributed by atoms with Crippen LogP contribution >= 0.6 is 0 Å². The van der Waals surface area contributed by atoms with Crippen molar-refractivity contribution in [2.45, 2.75) is 16.9 Å². The maximum atomic E-state index is 12.7. The van der Waals surface area contributed by atoms with E-state index in [2.05, 4.69) is 10.4 Å². The van der Waals surface area contributed by atoms with Gasteiger partial charge in [-0.25, -0.2) is 8.42 Å². The molecule has 1 aromatic carbocycles. The number of primary amides is 1. The maximum Gasteiger partial charge on any atom is 0.501 e. The monoisotopic (exact) mass is 348 g/mol. The number of alkyl halides is 3. The number of carbonyl (C=O) groups excluding carboxylic acids is 1. The molecule has 0 fully saturated rings. The van der Waals surface area contributed by atoms with Crippen LogP contribution in [0.2, 0.25) is 0 Å². The first-order chi connectivity index (χ1) is 10.6. The number of nitrogens with one attached hydrogen (secondary N) is 1. The average Bonchev–Trinajstić information content (AvgIpc) is 2.84. The van der Waals surface area contributed by atoms with Crippen LogP contribution in [0.1, 0.15) is 0 Å². The summed E-state index contributed by atoms with van der Waals surface area (Å²) >= 11 is 0. The lowest BCUT2D eigenvalue weighted by Gasteiger charge is -2.13. The maximum absolute atomic E-state index is 12.7. The molecule has 2 aromatic rings. The summed E-state index contributed by atoms with van der Waals surface area (Å²) in [5.74, 6) is -0.653. The minimum absolute atomic E-state index is 0.205. The van der Waals surface area contributed by atoms with Gasteiger partial charge in [-0.3, -0.25) is 9.48 Å². The molecule has 0 aliphatic rings. The van der Waals surface area contributed by atoms with Gasteiger partial charge in [0.05, 0.1) is 22.5 Å². The topological polar surface area (TPSA) is 107 Å². The molecule has 0 saturated heterocycles. The van der Waals surface area contributed by atoms with Crippen LogP contribution in [0.4, 0.5) is 24.5 Å². The minimum atomic E-state index is -5.50. The molecule has 7 nitrogen and oxygen atoms in total. The van der Waals surface area contributed by atoms with Crippen molar-refractivity contribution in [3.05, 3.63) is 36.7 Å². The predicted molar refractivity (Wildman–Crippen MR) is 74.4 cm³/mol. The van der Waals surface area contributed by atoms with E-state index in [1.54, 1.807) is 0 Å². The third-order valence-corrected chi connectivity index (χ3v) is 4.26. The lowest BCUT2D eigenvalue weighted by Crippen LogP contribution is -2.24. The number of para-hydroxylation sites is 1. The van der Waals surface area contributed by atoms with Gasteiger partial charge in [-0.2, -0.15) is 18.3 Å². The normalized spacial score (nSPS) is 12.1. The molecular formula is C12H11F3N4O3S. The van der Waals surface area contributed by atoms with E-state index in [-0.39, 0.29) is 17.9 Å². The highest BCUT2D eigenvalue weighted by Crippen LogP contribution is 2.35. The Morgan fingerprint density at radius 3 is 2.57 bits per heavy atom. The van der Waals surface area contributed by atoms with Crippen molar-refractivity contribution in [2.24, 2.45) is 5.73 Å². The molecule has 0 aliphatic heterocycles. The molecule has 1 amide bonds. The number of hydrogen-bond acceptors (Lipinski definition) is 5. The number of sulfone groups is 1. The molecule has 0 radical (unpaired) electrons. The van der Waals surface area contributed by atoms with E-state index in [9.17, 15) is 26.4 Å². The van der Waals surface area contributed by atoms with Gasteiger partial charge < -0.3 is 11.1 Å².